The summed E-state index contributed by atoms with van der Waals surface area (Å²) in [7, 11) is 0. The van der Waals surface area contributed by atoms with Gasteiger partial charge in [-0.3, -0.25) is 9.78 Å². The minimum atomic E-state index is 0.0540. The largest absolute Gasteiger partial charge is 0.355 e. The number of carbonyl (C=O) groups excluding carboxylic acids is 1. The van der Waals surface area contributed by atoms with Gasteiger partial charge in [-0.05, 0) is 11.6 Å². The van der Waals surface area contributed by atoms with E-state index in [2.05, 4.69) is 15.6 Å². The molecule has 0 atom stereocenters. The number of amides is 1. The molecule has 88 valence electrons. The molecular weight excluding hydrogens is 202 g/mol. The van der Waals surface area contributed by atoms with Gasteiger partial charge in [0.05, 0.1) is 0 Å². The molecule has 1 rings (SSSR count). The molecule has 0 aliphatic carbocycles. The van der Waals surface area contributed by atoms with Crippen molar-refractivity contribution in [2.45, 2.75) is 20.4 Å². The summed E-state index contributed by atoms with van der Waals surface area (Å²) in [5, 5.41) is 6.09. The third-order valence-electron chi connectivity index (χ3n) is 2.18. The molecule has 0 spiro atoms. The zero-order valence-electron chi connectivity index (χ0n) is 9.86. The maximum absolute atomic E-state index is 11.2. The molecule has 1 heterocycles. The molecule has 0 bridgehead atoms. The first-order valence-electron chi connectivity index (χ1n) is 5.57. The van der Waals surface area contributed by atoms with Crippen LogP contribution in [0, 0.1) is 5.92 Å². The molecule has 1 aromatic rings. The van der Waals surface area contributed by atoms with Gasteiger partial charge in [0.25, 0.3) is 0 Å². The Labute approximate surface area is 96.5 Å². The third-order valence-corrected chi connectivity index (χ3v) is 2.18. The van der Waals surface area contributed by atoms with Gasteiger partial charge in [-0.15, -0.1) is 0 Å². The van der Waals surface area contributed by atoms with Crippen molar-refractivity contribution >= 4 is 5.91 Å². The van der Waals surface area contributed by atoms with Gasteiger partial charge in [0.15, 0.2) is 0 Å². The van der Waals surface area contributed by atoms with Crippen molar-refractivity contribution < 1.29 is 4.79 Å². The summed E-state index contributed by atoms with van der Waals surface area (Å²) in [6, 6.07) is 3.93. The number of hydrogen-bond donors (Lipinski definition) is 2. The van der Waals surface area contributed by atoms with Gasteiger partial charge in [0.1, 0.15) is 0 Å². The van der Waals surface area contributed by atoms with E-state index in [1.165, 1.54) is 0 Å². The quantitative estimate of drug-likeness (QED) is 0.703. The van der Waals surface area contributed by atoms with Crippen molar-refractivity contribution in [1.29, 1.82) is 0 Å². The van der Waals surface area contributed by atoms with Crippen LogP contribution in [0.1, 0.15) is 19.4 Å². The van der Waals surface area contributed by atoms with Crippen molar-refractivity contribution in [2.24, 2.45) is 5.92 Å². The van der Waals surface area contributed by atoms with Crippen LogP contribution in [0.15, 0.2) is 24.5 Å². The molecule has 16 heavy (non-hydrogen) atoms. The van der Waals surface area contributed by atoms with E-state index in [1.807, 2.05) is 32.2 Å². The van der Waals surface area contributed by atoms with Crippen LogP contribution >= 0.6 is 0 Å². The lowest BCUT2D eigenvalue weighted by Crippen LogP contribution is -2.34. The monoisotopic (exact) mass is 221 g/mol. The number of aromatic nitrogens is 1. The fourth-order valence-corrected chi connectivity index (χ4v) is 1.21. The van der Waals surface area contributed by atoms with Crippen LogP contribution in [0.3, 0.4) is 0 Å². The molecule has 0 saturated carbocycles. The Morgan fingerprint density at radius 1 is 1.44 bits per heavy atom. The Bertz CT molecular complexity index is 311. The topological polar surface area (TPSA) is 54.0 Å². The van der Waals surface area contributed by atoms with Crippen LogP contribution in [0.25, 0.3) is 0 Å². The molecule has 0 unspecified atom stereocenters. The summed E-state index contributed by atoms with van der Waals surface area (Å²) in [4.78, 5) is 15.3. The standard InChI is InChI=1S/C12H19N3O/c1-10(2)12(16)15-7-6-14-9-11-4-3-5-13-8-11/h3-5,8,10,14H,6-7,9H2,1-2H3,(H,15,16). The predicted molar refractivity (Wildman–Crippen MR) is 63.8 cm³/mol. The van der Waals surface area contributed by atoms with E-state index >= 15 is 0 Å². The lowest BCUT2D eigenvalue weighted by atomic mass is 10.2. The number of carbonyl (C=O) groups is 1. The van der Waals surface area contributed by atoms with Gasteiger partial charge in [-0.1, -0.05) is 19.9 Å². The average molecular weight is 221 g/mol. The SMILES string of the molecule is CC(C)C(=O)NCCNCc1cccnc1. The number of rotatable bonds is 6. The summed E-state index contributed by atoms with van der Waals surface area (Å²) in [6.07, 6.45) is 3.59. The second-order valence-corrected chi connectivity index (χ2v) is 3.98. The molecule has 1 aromatic heterocycles. The van der Waals surface area contributed by atoms with E-state index in [0.29, 0.717) is 6.54 Å². The van der Waals surface area contributed by atoms with Gasteiger partial charge in [0, 0.05) is 37.9 Å². The number of pyridine rings is 1. The summed E-state index contributed by atoms with van der Waals surface area (Å²) < 4.78 is 0. The summed E-state index contributed by atoms with van der Waals surface area (Å²) in [6.45, 7) is 5.99. The normalized spacial score (nSPS) is 10.4. The van der Waals surface area contributed by atoms with Gasteiger partial charge < -0.3 is 10.6 Å². The second-order valence-electron chi connectivity index (χ2n) is 3.98. The number of nitrogens with one attached hydrogen (secondary N) is 2. The molecule has 4 heteroatoms. The molecule has 0 aliphatic rings. The van der Waals surface area contributed by atoms with E-state index < -0.39 is 0 Å². The van der Waals surface area contributed by atoms with Crippen LogP contribution in [-0.4, -0.2) is 24.0 Å². The fraction of sp³-hybridized carbons (Fsp3) is 0.500. The van der Waals surface area contributed by atoms with Crippen LogP contribution in [0.4, 0.5) is 0 Å². The summed E-state index contributed by atoms with van der Waals surface area (Å²) in [5.41, 5.74) is 1.15. The second kappa shape index (κ2) is 6.95. The zero-order valence-corrected chi connectivity index (χ0v) is 9.86. The van der Waals surface area contributed by atoms with Crippen molar-refractivity contribution in [3.63, 3.8) is 0 Å². The Morgan fingerprint density at radius 3 is 2.88 bits per heavy atom. The Balaban J connectivity index is 2.07. The lowest BCUT2D eigenvalue weighted by molar-refractivity contribution is -0.123. The molecule has 0 fully saturated rings. The molecule has 1 amide bonds. The Morgan fingerprint density at radius 2 is 2.25 bits per heavy atom. The highest BCUT2D eigenvalue weighted by atomic mass is 16.1. The first kappa shape index (κ1) is 12.6. The number of nitrogens with zero attached hydrogens (tertiary/aromatic N) is 1. The van der Waals surface area contributed by atoms with Gasteiger partial charge in [-0.25, -0.2) is 0 Å². The first-order valence-corrected chi connectivity index (χ1v) is 5.57. The van der Waals surface area contributed by atoms with Crippen molar-refractivity contribution in [3.05, 3.63) is 30.1 Å². The Kier molecular flexibility index (Phi) is 5.50. The fourth-order valence-electron chi connectivity index (χ4n) is 1.21. The lowest BCUT2D eigenvalue weighted by Gasteiger charge is -2.08. The highest BCUT2D eigenvalue weighted by molar-refractivity contribution is 5.77. The molecule has 0 saturated heterocycles. The smallest absolute Gasteiger partial charge is 0.222 e. The molecular formula is C12H19N3O. The van der Waals surface area contributed by atoms with E-state index in [-0.39, 0.29) is 11.8 Å². The maximum Gasteiger partial charge on any atom is 0.222 e. The minimum Gasteiger partial charge on any atom is -0.355 e. The van der Waals surface area contributed by atoms with Gasteiger partial charge >= 0.3 is 0 Å². The maximum atomic E-state index is 11.2. The van der Waals surface area contributed by atoms with Crippen molar-refractivity contribution in [2.75, 3.05) is 13.1 Å². The van der Waals surface area contributed by atoms with Gasteiger partial charge in [-0.2, -0.15) is 0 Å². The van der Waals surface area contributed by atoms with Crippen LogP contribution in [0.5, 0.6) is 0 Å². The van der Waals surface area contributed by atoms with E-state index in [9.17, 15) is 4.79 Å². The van der Waals surface area contributed by atoms with Crippen LogP contribution in [-0.2, 0) is 11.3 Å². The minimum absolute atomic E-state index is 0.0540. The molecule has 0 radical (unpaired) electrons. The predicted octanol–water partition coefficient (Wildman–Crippen LogP) is 0.943. The van der Waals surface area contributed by atoms with Crippen molar-refractivity contribution in [3.8, 4) is 0 Å². The summed E-state index contributed by atoms with van der Waals surface area (Å²) in [5.74, 6) is 0.154. The molecule has 0 aromatic carbocycles. The third kappa shape index (κ3) is 4.89. The molecule has 4 nitrogen and oxygen atoms in total. The van der Waals surface area contributed by atoms with E-state index in [4.69, 9.17) is 0 Å². The van der Waals surface area contributed by atoms with E-state index in [0.717, 1.165) is 18.7 Å². The summed E-state index contributed by atoms with van der Waals surface area (Å²) >= 11 is 0. The van der Waals surface area contributed by atoms with E-state index in [1.54, 1.807) is 6.20 Å². The van der Waals surface area contributed by atoms with Crippen molar-refractivity contribution in [1.82, 2.24) is 15.6 Å². The highest BCUT2D eigenvalue weighted by Gasteiger charge is 2.04. The van der Waals surface area contributed by atoms with Crippen LogP contribution in [0.2, 0.25) is 0 Å². The zero-order chi connectivity index (χ0) is 11.8. The molecule has 2 N–H and O–H groups in total. The number of hydrogen-bond acceptors (Lipinski definition) is 3. The first-order chi connectivity index (χ1) is 7.70. The highest BCUT2D eigenvalue weighted by Crippen LogP contribution is 1.93. The molecule has 0 aliphatic heterocycles. The Hall–Kier alpha value is -1.42. The van der Waals surface area contributed by atoms with Gasteiger partial charge in [0.2, 0.25) is 5.91 Å². The average Bonchev–Trinajstić information content (AvgIpc) is 2.29. The van der Waals surface area contributed by atoms with Crippen LogP contribution < -0.4 is 10.6 Å².